The van der Waals surface area contributed by atoms with E-state index in [1.165, 1.54) is 11.0 Å². The first-order chi connectivity index (χ1) is 15.0. The molecule has 0 saturated carbocycles. The average Bonchev–Trinajstić information content (AvgIpc) is 3.17. The molecule has 0 radical (unpaired) electrons. The summed E-state index contributed by atoms with van der Waals surface area (Å²) < 4.78 is 50.8. The summed E-state index contributed by atoms with van der Waals surface area (Å²) in [6, 6.07) is 14.7. The van der Waals surface area contributed by atoms with Gasteiger partial charge in [0.05, 0.1) is 12.3 Å². The smallest absolute Gasteiger partial charge is 0.410 e. The number of carbonyl (C=O) groups is 1. The number of benzene rings is 2. The molecule has 1 unspecified atom stereocenters. The second-order valence-corrected chi connectivity index (χ2v) is 10.7. The van der Waals surface area contributed by atoms with Crippen molar-refractivity contribution < 1.29 is 26.5 Å². The Balaban J connectivity index is 2.11. The number of likely N-dealkylation sites (tertiary alicyclic amines) is 1. The largest absolute Gasteiger partial charge is 0.444 e. The van der Waals surface area contributed by atoms with Crippen molar-refractivity contribution in [2.75, 3.05) is 12.8 Å². The quantitative estimate of drug-likeness (QED) is 0.581. The van der Waals surface area contributed by atoms with Gasteiger partial charge in [0.15, 0.2) is 0 Å². The first-order valence-corrected chi connectivity index (χ1v) is 12.5. The van der Waals surface area contributed by atoms with E-state index in [-0.39, 0.29) is 0 Å². The van der Waals surface area contributed by atoms with Crippen molar-refractivity contribution in [3.05, 3.63) is 71.5 Å². The minimum absolute atomic E-state index is 0.309. The summed E-state index contributed by atoms with van der Waals surface area (Å²) in [5.41, 5.74) is 0.299. The molecule has 0 bridgehead atoms. The van der Waals surface area contributed by atoms with Crippen LogP contribution in [0.5, 0.6) is 0 Å². The maximum atomic E-state index is 15.0. The number of nitrogens with zero attached hydrogens (tertiary/aromatic N) is 1. The van der Waals surface area contributed by atoms with Crippen molar-refractivity contribution in [1.29, 1.82) is 0 Å². The maximum Gasteiger partial charge on any atom is 0.410 e. The third-order valence-electron chi connectivity index (χ3n) is 5.32. The molecule has 8 heteroatoms. The van der Waals surface area contributed by atoms with Crippen LogP contribution in [-0.2, 0) is 19.0 Å². The van der Waals surface area contributed by atoms with Gasteiger partial charge in [0, 0.05) is 12.5 Å². The fourth-order valence-electron chi connectivity index (χ4n) is 4.16. The molecule has 3 rings (SSSR count). The number of ether oxygens (including phenoxy) is 1. The van der Waals surface area contributed by atoms with Gasteiger partial charge in [-0.2, -0.15) is 8.42 Å². The maximum absolute atomic E-state index is 15.0. The summed E-state index contributed by atoms with van der Waals surface area (Å²) in [5, 5.41) is 0. The van der Waals surface area contributed by atoms with Crippen molar-refractivity contribution in [1.82, 2.24) is 4.90 Å². The molecular formula is C24H30FNO5S. The lowest BCUT2D eigenvalue weighted by molar-refractivity contribution is 0.00783. The van der Waals surface area contributed by atoms with E-state index in [9.17, 15) is 17.6 Å². The van der Waals surface area contributed by atoms with Crippen LogP contribution in [0.4, 0.5) is 9.18 Å². The molecule has 0 aliphatic carbocycles. The Labute approximate surface area is 189 Å². The minimum Gasteiger partial charge on any atom is -0.444 e. The Bertz CT molecular complexity index is 1040. The molecule has 1 fully saturated rings. The van der Waals surface area contributed by atoms with Gasteiger partial charge in [0.25, 0.3) is 10.1 Å². The highest BCUT2D eigenvalue weighted by atomic mass is 32.2. The molecular weight excluding hydrogens is 433 g/mol. The predicted molar refractivity (Wildman–Crippen MR) is 120 cm³/mol. The molecule has 3 atom stereocenters. The van der Waals surface area contributed by atoms with Gasteiger partial charge in [0.2, 0.25) is 0 Å². The SMILES string of the molecule is CC(C)(C)OC(=O)N1CCCC1[C@H](OS(C)(=O)=O)[C@H](c1ccccc1)c1ccccc1F. The zero-order valence-corrected chi connectivity index (χ0v) is 19.6. The van der Waals surface area contributed by atoms with E-state index in [4.69, 9.17) is 8.92 Å². The van der Waals surface area contributed by atoms with Gasteiger partial charge in [-0.05, 0) is 50.8 Å². The molecule has 6 nitrogen and oxygen atoms in total. The van der Waals surface area contributed by atoms with Crippen LogP contribution in [0.1, 0.15) is 50.7 Å². The van der Waals surface area contributed by atoms with Gasteiger partial charge < -0.3 is 9.64 Å². The highest BCUT2D eigenvalue weighted by Gasteiger charge is 2.44. The normalized spacial score (nSPS) is 18.9. The van der Waals surface area contributed by atoms with Crippen LogP contribution in [0.2, 0.25) is 0 Å². The summed E-state index contributed by atoms with van der Waals surface area (Å²) in [7, 11) is -3.92. The molecule has 2 aromatic carbocycles. The Morgan fingerprint density at radius 1 is 1.09 bits per heavy atom. The Morgan fingerprint density at radius 3 is 2.31 bits per heavy atom. The van der Waals surface area contributed by atoms with Crippen LogP contribution < -0.4 is 0 Å². The monoisotopic (exact) mass is 463 g/mol. The van der Waals surface area contributed by atoms with E-state index < -0.39 is 45.7 Å². The van der Waals surface area contributed by atoms with Crippen LogP contribution in [0.3, 0.4) is 0 Å². The second kappa shape index (κ2) is 9.58. The van der Waals surface area contributed by atoms with Crippen molar-refractivity contribution in [3.63, 3.8) is 0 Å². The first kappa shape index (κ1) is 24.2. The highest BCUT2D eigenvalue weighted by molar-refractivity contribution is 7.86. The molecule has 0 spiro atoms. The molecule has 0 N–H and O–H groups in total. The van der Waals surface area contributed by atoms with Gasteiger partial charge in [-0.1, -0.05) is 48.5 Å². The highest BCUT2D eigenvalue weighted by Crippen LogP contribution is 2.38. The molecule has 32 heavy (non-hydrogen) atoms. The molecule has 174 valence electrons. The molecule has 1 aliphatic rings. The standard InChI is InChI=1S/C24H30FNO5S/c1-24(2,3)30-23(27)26-16-10-15-20(26)22(31-32(4,28)29)21(17-11-6-5-7-12-17)18-13-8-9-14-19(18)25/h5-9,11-14,20-22H,10,15-16H2,1-4H3/t20?,21-,22+/m1/s1. The molecule has 1 heterocycles. The third kappa shape index (κ3) is 6.07. The van der Waals surface area contributed by atoms with Crippen molar-refractivity contribution in [2.24, 2.45) is 0 Å². The summed E-state index contributed by atoms with van der Waals surface area (Å²) in [6.07, 6.45) is 0.571. The van der Waals surface area contributed by atoms with E-state index in [0.29, 0.717) is 30.5 Å². The van der Waals surface area contributed by atoms with Gasteiger partial charge >= 0.3 is 6.09 Å². The van der Waals surface area contributed by atoms with Crippen LogP contribution in [0.25, 0.3) is 0 Å². The van der Waals surface area contributed by atoms with Crippen LogP contribution in [-0.4, -0.2) is 50.0 Å². The molecule has 2 aromatic rings. The van der Waals surface area contributed by atoms with Crippen molar-refractivity contribution in [2.45, 2.75) is 57.3 Å². The summed E-state index contributed by atoms with van der Waals surface area (Å²) in [5.74, 6) is -1.22. The number of halogens is 1. The first-order valence-electron chi connectivity index (χ1n) is 10.6. The summed E-state index contributed by atoms with van der Waals surface area (Å²) in [6.45, 7) is 5.72. The number of amides is 1. The zero-order chi connectivity index (χ0) is 23.5. The lowest BCUT2D eigenvalue weighted by atomic mass is 9.82. The van der Waals surface area contributed by atoms with E-state index >= 15 is 0 Å². The number of carbonyl (C=O) groups excluding carboxylic acids is 1. The van der Waals surface area contributed by atoms with Gasteiger partial charge in [0.1, 0.15) is 17.5 Å². The number of hydrogen-bond acceptors (Lipinski definition) is 5. The minimum atomic E-state index is -3.92. The van der Waals surface area contributed by atoms with Gasteiger partial charge in [-0.15, -0.1) is 0 Å². The summed E-state index contributed by atoms with van der Waals surface area (Å²) >= 11 is 0. The topological polar surface area (TPSA) is 72.9 Å². The van der Waals surface area contributed by atoms with Crippen LogP contribution in [0, 0.1) is 5.82 Å². The van der Waals surface area contributed by atoms with Crippen molar-refractivity contribution in [3.8, 4) is 0 Å². The van der Waals surface area contributed by atoms with E-state index in [0.717, 1.165) is 6.26 Å². The van der Waals surface area contributed by atoms with Crippen LogP contribution >= 0.6 is 0 Å². The second-order valence-electron chi connectivity index (χ2n) is 9.06. The zero-order valence-electron chi connectivity index (χ0n) is 18.8. The molecule has 1 saturated heterocycles. The summed E-state index contributed by atoms with van der Waals surface area (Å²) in [4.78, 5) is 14.4. The van der Waals surface area contributed by atoms with E-state index in [2.05, 4.69) is 0 Å². The fourth-order valence-corrected chi connectivity index (χ4v) is 4.80. The predicted octanol–water partition coefficient (Wildman–Crippen LogP) is 4.70. The van der Waals surface area contributed by atoms with E-state index in [1.807, 2.05) is 18.2 Å². The van der Waals surface area contributed by atoms with E-state index in [1.54, 1.807) is 51.1 Å². The van der Waals surface area contributed by atoms with Crippen LogP contribution in [0.15, 0.2) is 54.6 Å². The van der Waals surface area contributed by atoms with Gasteiger partial charge in [-0.25, -0.2) is 9.18 Å². The molecule has 1 aliphatic heterocycles. The Kier molecular flexibility index (Phi) is 7.25. The average molecular weight is 464 g/mol. The third-order valence-corrected chi connectivity index (χ3v) is 5.89. The molecule has 1 amide bonds. The Hall–Kier alpha value is -2.45. The lowest BCUT2D eigenvalue weighted by Gasteiger charge is -2.36. The lowest BCUT2D eigenvalue weighted by Crippen LogP contribution is -2.48. The molecule has 0 aromatic heterocycles. The fraction of sp³-hybridized carbons (Fsp3) is 0.458. The Morgan fingerprint density at radius 2 is 1.72 bits per heavy atom. The van der Waals surface area contributed by atoms with Crippen molar-refractivity contribution >= 4 is 16.2 Å². The number of rotatable bonds is 6. The number of hydrogen-bond donors (Lipinski definition) is 0. The van der Waals surface area contributed by atoms with Gasteiger partial charge in [-0.3, -0.25) is 4.18 Å².